The molecule has 26 heavy (non-hydrogen) atoms. The number of nitrogens with two attached hydrogens (primary N) is 1. The van der Waals surface area contributed by atoms with Crippen LogP contribution in [0.15, 0.2) is 18.5 Å². The maximum Gasteiger partial charge on any atom is 0.225 e. The minimum atomic E-state index is -0.645. The van der Waals surface area contributed by atoms with Gasteiger partial charge in [0, 0.05) is 18.7 Å². The minimum absolute atomic E-state index is 0.0138. The number of aromatic hydroxyl groups is 1. The molecule has 0 saturated carbocycles. The number of nitrogens with one attached hydrogen (secondary N) is 1. The Labute approximate surface area is 153 Å². The maximum absolute atomic E-state index is 11.9. The molecular formula is C17H19N5O3S. The number of fused-ring (bicyclic) bond motifs is 1. The zero-order valence-corrected chi connectivity index (χ0v) is 15.4. The zero-order chi connectivity index (χ0) is 19.1. The second kappa shape index (κ2) is 6.50. The molecule has 0 aliphatic rings. The molecule has 0 bridgehead atoms. The number of hydrogen-bond acceptors (Lipinski definition) is 9. The molecule has 0 fully saturated rings. The van der Waals surface area contributed by atoms with Gasteiger partial charge in [-0.2, -0.15) is 0 Å². The Morgan fingerprint density at radius 3 is 2.69 bits per heavy atom. The van der Waals surface area contributed by atoms with Crippen molar-refractivity contribution in [2.45, 2.75) is 26.3 Å². The molecule has 8 nitrogen and oxygen atoms in total. The predicted molar refractivity (Wildman–Crippen MR) is 102 cm³/mol. The molecule has 9 heteroatoms. The molecule has 0 unspecified atom stereocenters. The Bertz CT molecular complexity index is 999. The quantitative estimate of drug-likeness (QED) is 0.501. The number of pyridine rings is 1. The normalized spacial score (nSPS) is 11.7. The number of ketones is 1. The lowest BCUT2D eigenvalue weighted by molar-refractivity contribution is 0.102. The first kappa shape index (κ1) is 18.0. The van der Waals surface area contributed by atoms with Crippen LogP contribution in [0, 0.1) is 0 Å². The highest BCUT2D eigenvalue weighted by molar-refractivity contribution is 7.21. The van der Waals surface area contributed by atoms with E-state index >= 15 is 0 Å². The molecule has 0 saturated heterocycles. The van der Waals surface area contributed by atoms with E-state index in [1.54, 1.807) is 20.0 Å². The summed E-state index contributed by atoms with van der Waals surface area (Å²) in [5.41, 5.74) is 6.85. The topological polar surface area (TPSA) is 134 Å². The number of rotatable bonds is 5. The summed E-state index contributed by atoms with van der Waals surface area (Å²) in [5.74, 6) is 0.113. The number of carbonyl (C=O) groups is 1. The molecule has 0 radical (unpaired) electrons. The van der Waals surface area contributed by atoms with Crippen LogP contribution in [-0.2, 0) is 0 Å². The molecule has 0 spiro atoms. The highest BCUT2D eigenvalue weighted by atomic mass is 32.1. The number of anilines is 2. The predicted octanol–water partition coefficient (Wildman–Crippen LogP) is 2.43. The van der Waals surface area contributed by atoms with E-state index in [-0.39, 0.29) is 24.1 Å². The molecule has 0 aliphatic heterocycles. The van der Waals surface area contributed by atoms with E-state index in [0.29, 0.717) is 32.0 Å². The number of aliphatic hydroxyl groups excluding tert-OH is 1. The number of aromatic nitrogens is 3. The van der Waals surface area contributed by atoms with Crippen LogP contribution < -0.4 is 11.1 Å². The van der Waals surface area contributed by atoms with Gasteiger partial charge in [0.05, 0.1) is 40.0 Å². The Hall–Kier alpha value is -2.78. The van der Waals surface area contributed by atoms with Crippen LogP contribution in [0.2, 0.25) is 0 Å². The van der Waals surface area contributed by atoms with Gasteiger partial charge in [-0.15, -0.1) is 11.3 Å². The van der Waals surface area contributed by atoms with E-state index < -0.39 is 5.54 Å². The van der Waals surface area contributed by atoms with Gasteiger partial charge in [-0.1, -0.05) is 0 Å². The van der Waals surface area contributed by atoms with E-state index in [4.69, 9.17) is 5.73 Å². The molecule has 0 amide bonds. The summed E-state index contributed by atoms with van der Waals surface area (Å²) in [5, 5.41) is 22.9. The Balaban J connectivity index is 2.29. The maximum atomic E-state index is 11.9. The average Bonchev–Trinajstić information content (AvgIpc) is 2.91. The minimum Gasteiger partial charge on any atom is -0.506 e. The summed E-state index contributed by atoms with van der Waals surface area (Å²) in [6.07, 6.45) is 2.86. The molecule has 0 aliphatic carbocycles. The lowest BCUT2D eigenvalue weighted by Gasteiger charge is -2.23. The lowest BCUT2D eigenvalue weighted by atomic mass is 10.1. The highest BCUT2D eigenvalue weighted by Gasteiger charge is 2.23. The van der Waals surface area contributed by atoms with Crippen LogP contribution in [0.3, 0.4) is 0 Å². The second-order valence-electron chi connectivity index (χ2n) is 6.58. The lowest BCUT2D eigenvalue weighted by Crippen LogP contribution is -2.35. The van der Waals surface area contributed by atoms with Gasteiger partial charge in [0.2, 0.25) is 5.95 Å². The van der Waals surface area contributed by atoms with Crippen molar-refractivity contribution in [1.82, 2.24) is 15.0 Å². The van der Waals surface area contributed by atoms with Crippen molar-refractivity contribution >= 4 is 39.0 Å². The van der Waals surface area contributed by atoms with Gasteiger partial charge in [0.25, 0.3) is 0 Å². The van der Waals surface area contributed by atoms with E-state index in [1.165, 1.54) is 30.5 Å². The fourth-order valence-electron chi connectivity index (χ4n) is 2.45. The summed E-state index contributed by atoms with van der Waals surface area (Å²) >= 11 is 1.18. The summed E-state index contributed by atoms with van der Waals surface area (Å²) in [7, 11) is 0. The number of carbonyl (C=O) groups excluding carboxylic acids is 1. The summed E-state index contributed by atoms with van der Waals surface area (Å²) in [6.45, 7) is 4.93. The molecular weight excluding hydrogens is 354 g/mol. The van der Waals surface area contributed by atoms with Crippen molar-refractivity contribution in [3.05, 3.63) is 23.3 Å². The number of thiophene rings is 1. The summed E-state index contributed by atoms with van der Waals surface area (Å²) in [6, 6.07) is 1.51. The van der Waals surface area contributed by atoms with Crippen LogP contribution in [0.25, 0.3) is 21.5 Å². The van der Waals surface area contributed by atoms with E-state index in [0.717, 1.165) is 0 Å². The molecule has 3 heterocycles. The number of hydrogen-bond donors (Lipinski definition) is 4. The van der Waals surface area contributed by atoms with Gasteiger partial charge in [-0.05, 0) is 19.9 Å². The van der Waals surface area contributed by atoms with Crippen LogP contribution in [0.5, 0.6) is 5.75 Å². The van der Waals surface area contributed by atoms with Gasteiger partial charge < -0.3 is 21.3 Å². The fourth-order valence-corrected chi connectivity index (χ4v) is 3.44. The number of nitrogens with zero attached hydrogens (tertiary/aromatic N) is 3. The third-order valence-electron chi connectivity index (χ3n) is 3.75. The first-order chi connectivity index (χ1) is 12.2. The smallest absolute Gasteiger partial charge is 0.225 e. The molecule has 3 aromatic rings. The Morgan fingerprint density at radius 2 is 2.08 bits per heavy atom. The third kappa shape index (κ3) is 3.31. The van der Waals surface area contributed by atoms with Gasteiger partial charge in [-0.3, -0.25) is 9.78 Å². The van der Waals surface area contributed by atoms with Crippen LogP contribution in [-0.4, -0.2) is 43.1 Å². The standard InChI is InChI=1S/C17H19N5O3S/c1-8(24)14-12(18)11-13(9-4-10(25)6-19-5-9)20-16(21-15(11)26-14)22-17(2,3)7-23/h4-6,23,25H,7,18H2,1-3H3,(H,20,21,22). The zero-order valence-electron chi connectivity index (χ0n) is 14.6. The highest BCUT2D eigenvalue weighted by Crippen LogP contribution is 2.39. The Kier molecular flexibility index (Phi) is 4.51. The molecule has 3 rings (SSSR count). The second-order valence-corrected chi connectivity index (χ2v) is 7.57. The van der Waals surface area contributed by atoms with Crippen molar-refractivity contribution in [3.63, 3.8) is 0 Å². The van der Waals surface area contributed by atoms with Gasteiger partial charge in [0.1, 0.15) is 10.6 Å². The van der Waals surface area contributed by atoms with Crippen molar-refractivity contribution in [2.75, 3.05) is 17.7 Å². The molecule has 136 valence electrons. The van der Waals surface area contributed by atoms with Crippen molar-refractivity contribution in [1.29, 1.82) is 0 Å². The van der Waals surface area contributed by atoms with E-state index in [2.05, 4.69) is 20.3 Å². The van der Waals surface area contributed by atoms with Crippen LogP contribution in [0.1, 0.15) is 30.4 Å². The molecule has 5 N–H and O–H groups in total. The first-order valence-corrected chi connectivity index (χ1v) is 8.68. The molecule has 0 atom stereocenters. The average molecular weight is 373 g/mol. The monoisotopic (exact) mass is 373 g/mol. The van der Waals surface area contributed by atoms with E-state index in [1.807, 2.05) is 0 Å². The van der Waals surface area contributed by atoms with Gasteiger partial charge in [0.15, 0.2) is 5.78 Å². The number of aliphatic hydroxyl groups is 1. The largest absolute Gasteiger partial charge is 0.506 e. The summed E-state index contributed by atoms with van der Waals surface area (Å²) in [4.78, 5) is 25.8. The van der Waals surface area contributed by atoms with E-state index in [9.17, 15) is 15.0 Å². The van der Waals surface area contributed by atoms with Crippen LogP contribution >= 0.6 is 11.3 Å². The fraction of sp³-hybridized carbons (Fsp3) is 0.294. The third-order valence-corrected chi connectivity index (χ3v) is 4.95. The van der Waals surface area contributed by atoms with Gasteiger partial charge >= 0.3 is 0 Å². The Morgan fingerprint density at radius 1 is 1.35 bits per heavy atom. The number of Topliss-reactive ketones (excluding diaryl/α,β-unsaturated/α-hetero) is 1. The molecule has 0 aromatic carbocycles. The van der Waals surface area contributed by atoms with Crippen LogP contribution in [0.4, 0.5) is 11.6 Å². The molecule has 3 aromatic heterocycles. The summed E-state index contributed by atoms with van der Waals surface area (Å²) < 4.78 is 0. The van der Waals surface area contributed by atoms with Crippen molar-refractivity contribution in [3.8, 4) is 17.0 Å². The first-order valence-electron chi connectivity index (χ1n) is 7.86. The van der Waals surface area contributed by atoms with Crippen molar-refractivity contribution < 1.29 is 15.0 Å². The SMILES string of the molecule is CC(=O)c1sc2nc(NC(C)(C)CO)nc(-c3cncc(O)c3)c2c1N. The van der Waals surface area contributed by atoms with Gasteiger partial charge in [-0.25, -0.2) is 9.97 Å². The van der Waals surface area contributed by atoms with Crippen molar-refractivity contribution in [2.24, 2.45) is 0 Å². The number of nitrogen functional groups attached to an aromatic ring is 1.